The summed E-state index contributed by atoms with van der Waals surface area (Å²) in [5.41, 5.74) is 4.63. The number of carbonyl (C=O) groups excluding carboxylic acids is 3. The Labute approximate surface area is 205 Å². The van der Waals surface area contributed by atoms with Crippen LogP contribution in [0.25, 0.3) is 0 Å². The average Bonchev–Trinajstić information content (AvgIpc) is 3.43. The van der Waals surface area contributed by atoms with Crippen molar-refractivity contribution >= 4 is 50.7 Å². The first-order valence-corrected chi connectivity index (χ1v) is 12.4. The summed E-state index contributed by atoms with van der Waals surface area (Å²) in [6.07, 6.45) is 0.448. The fourth-order valence-electron chi connectivity index (χ4n) is 4.04. The molecule has 2 aromatic carbocycles. The first-order valence-electron chi connectivity index (χ1n) is 10.5. The van der Waals surface area contributed by atoms with E-state index in [4.69, 9.17) is 11.6 Å². The van der Waals surface area contributed by atoms with Gasteiger partial charge in [0.15, 0.2) is 0 Å². The van der Waals surface area contributed by atoms with E-state index in [0.29, 0.717) is 11.4 Å². The molecule has 3 amide bonds. The van der Waals surface area contributed by atoms with Crippen LogP contribution in [-0.2, 0) is 24.4 Å². The van der Waals surface area contributed by atoms with E-state index in [-0.39, 0.29) is 35.7 Å². The summed E-state index contributed by atoms with van der Waals surface area (Å²) in [7, 11) is -3.96. The van der Waals surface area contributed by atoms with Gasteiger partial charge < -0.3 is 0 Å². The van der Waals surface area contributed by atoms with E-state index in [2.05, 4.69) is 10.9 Å². The van der Waals surface area contributed by atoms with Crippen LogP contribution in [0.15, 0.2) is 53.4 Å². The van der Waals surface area contributed by atoms with Crippen LogP contribution < -0.4 is 15.8 Å². The number of sulfonamides is 1. The summed E-state index contributed by atoms with van der Waals surface area (Å²) >= 11 is 5.83. The standard InChI is InChI=1S/C21H20ClN5O7S/c22-13-6-8-16(9-7-13)35(33,34)25-10-2-5-18(25)20(29)24-23-17-12-19(28)26(21(17)30)14-3-1-4-15(11-14)27(31)32/h1,3-4,6-9,11,17-18,23H,2,5,10,12H2,(H,24,29). The Morgan fingerprint density at radius 3 is 2.54 bits per heavy atom. The minimum Gasteiger partial charge on any atom is -0.289 e. The number of hydrogen-bond acceptors (Lipinski definition) is 8. The lowest BCUT2D eigenvalue weighted by Crippen LogP contribution is -2.54. The molecule has 2 saturated heterocycles. The zero-order valence-corrected chi connectivity index (χ0v) is 19.7. The minimum absolute atomic E-state index is 0.00118. The number of hydrazine groups is 1. The lowest BCUT2D eigenvalue weighted by Gasteiger charge is -2.24. The molecule has 2 atom stereocenters. The van der Waals surface area contributed by atoms with E-state index in [0.717, 1.165) is 15.3 Å². The van der Waals surface area contributed by atoms with Gasteiger partial charge in [0, 0.05) is 23.7 Å². The average molecular weight is 522 g/mol. The molecule has 4 rings (SSSR count). The number of nitro groups is 1. The number of imide groups is 1. The zero-order valence-electron chi connectivity index (χ0n) is 18.1. The third kappa shape index (κ3) is 4.89. The number of nitrogens with zero attached hydrogens (tertiary/aromatic N) is 3. The molecular formula is C21H20ClN5O7S. The quantitative estimate of drug-likeness (QED) is 0.314. The van der Waals surface area contributed by atoms with Gasteiger partial charge in [-0.2, -0.15) is 4.31 Å². The highest BCUT2D eigenvalue weighted by atomic mass is 35.5. The zero-order chi connectivity index (χ0) is 25.3. The second kappa shape index (κ2) is 9.70. The molecule has 2 fully saturated rings. The van der Waals surface area contributed by atoms with Crippen LogP contribution in [0.3, 0.4) is 0 Å². The molecule has 2 aliphatic rings. The first kappa shape index (κ1) is 24.7. The van der Waals surface area contributed by atoms with Gasteiger partial charge in [-0.05, 0) is 43.2 Å². The smallest absolute Gasteiger partial charge is 0.271 e. The molecule has 14 heteroatoms. The summed E-state index contributed by atoms with van der Waals surface area (Å²) in [6, 6.07) is 8.55. The molecule has 2 aliphatic heterocycles. The highest BCUT2D eigenvalue weighted by Gasteiger charge is 2.42. The summed E-state index contributed by atoms with van der Waals surface area (Å²) in [4.78, 5) is 49.2. The lowest BCUT2D eigenvalue weighted by atomic mass is 10.2. The molecule has 2 unspecified atom stereocenters. The van der Waals surface area contributed by atoms with Crippen molar-refractivity contribution < 1.29 is 27.7 Å². The van der Waals surface area contributed by atoms with Crippen LogP contribution in [0.5, 0.6) is 0 Å². The van der Waals surface area contributed by atoms with E-state index >= 15 is 0 Å². The van der Waals surface area contributed by atoms with Crippen LogP contribution in [0.4, 0.5) is 11.4 Å². The van der Waals surface area contributed by atoms with Crippen molar-refractivity contribution in [3.05, 3.63) is 63.7 Å². The molecular weight excluding hydrogens is 502 g/mol. The Bertz CT molecular complexity index is 1300. The van der Waals surface area contributed by atoms with Crippen molar-refractivity contribution in [3.8, 4) is 0 Å². The molecule has 0 aliphatic carbocycles. The van der Waals surface area contributed by atoms with Gasteiger partial charge in [0.25, 0.3) is 17.5 Å². The summed E-state index contributed by atoms with van der Waals surface area (Å²) < 4.78 is 27.1. The second-order valence-corrected chi connectivity index (χ2v) is 10.3. The molecule has 2 heterocycles. The van der Waals surface area contributed by atoms with Crippen molar-refractivity contribution in [2.45, 2.75) is 36.2 Å². The second-order valence-electron chi connectivity index (χ2n) is 7.96. The first-order chi connectivity index (χ1) is 16.6. The number of amides is 3. The van der Waals surface area contributed by atoms with Gasteiger partial charge in [0.2, 0.25) is 15.9 Å². The van der Waals surface area contributed by atoms with E-state index in [9.17, 15) is 32.9 Å². The van der Waals surface area contributed by atoms with Crippen molar-refractivity contribution in [2.24, 2.45) is 0 Å². The van der Waals surface area contributed by atoms with E-state index in [1.165, 1.54) is 42.5 Å². The largest absolute Gasteiger partial charge is 0.289 e. The van der Waals surface area contributed by atoms with Crippen molar-refractivity contribution in [1.82, 2.24) is 15.2 Å². The topological polar surface area (TPSA) is 159 Å². The van der Waals surface area contributed by atoms with Crippen LogP contribution in [0, 0.1) is 10.1 Å². The molecule has 12 nitrogen and oxygen atoms in total. The van der Waals surface area contributed by atoms with Crippen LogP contribution >= 0.6 is 11.6 Å². The third-order valence-corrected chi connectivity index (χ3v) is 7.92. The maximum atomic E-state index is 13.0. The predicted molar refractivity (Wildman–Crippen MR) is 124 cm³/mol. The fourth-order valence-corrected chi connectivity index (χ4v) is 5.82. The highest BCUT2D eigenvalue weighted by Crippen LogP contribution is 2.28. The number of rotatable bonds is 7. The summed E-state index contributed by atoms with van der Waals surface area (Å²) in [5.74, 6) is -1.97. The van der Waals surface area contributed by atoms with E-state index in [1.807, 2.05) is 0 Å². The number of carbonyl (C=O) groups is 3. The third-order valence-electron chi connectivity index (χ3n) is 5.74. The van der Waals surface area contributed by atoms with E-state index < -0.39 is 44.8 Å². The molecule has 35 heavy (non-hydrogen) atoms. The monoisotopic (exact) mass is 521 g/mol. The van der Waals surface area contributed by atoms with Gasteiger partial charge in [-0.15, -0.1) is 0 Å². The van der Waals surface area contributed by atoms with Gasteiger partial charge in [-0.1, -0.05) is 17.7 Å². The van der Waals surface area contributed by atoms with Gasteiger partial charge >= 0.3 is 0 Å². The molecule has 2 N–H and O–H groups in total. The number of nitrogens with one attached hydrogen (secondary N) is 2. The molecule has 184 valence electrons. The normalized spacial score (nSPS) is 20.9. The number of non-ortho nitro benzene ring substituents is 1. The molecule has 0 saturated carbocycles. The SMILES string of the molecule is O=C(NNC1CC(=O)N(c2cccc([N+](=O)[O-])c2)C1=O)C1CCCN1S(=O)(=O)c1ccc(Cl)cc1. The number of nitro benzene ring substituents is 1. The number of hydrogen-bond donors (Lipinski definition) is 2. The van der Waals surface area contributed by atoms with Crippen molar-refractivity contribution in [2.75, 3.05) is 11.4 Å². The van der Waals surface area contributed by atoms with Crippen molar-refractivity contribution in [1.29, 1.82) is 0 Å². The number of anilines is 1. The Balaban J connectivity index is 1.43. The van der Waals surface area contributed by atoms with E-state index in [1.54, 1.807) is 0 Å². The Hall–Kier alpha value is -3.39. The molecule has 0 radical (unpaired) electrons. The van der Waals surface area contributed by atoms with Crippen LogP contribution in [-0.4, -0.2) is 54.0 Å². The predicted octanol–water partition coefficient (Wildman–Crippen LogP) is 1.35. The maximum Gasteiger partial charge on any atom is 0.271 e. The van der Waals surface area contributed by atoms with Gasteiger partial charge in [-0.3, -0.25) is 29.9 Å². The van der Waals surface area contributed by atoms with Crippen LogP contribution in [0.2, 0.25) is 5.02 Å². The molecule has 2 aromatic rings. The molecule has 0 bridgehead atoms. The number of halogens is 1. The summed E-state index contributed by atoms with van der Waals surface area (Å²) in [5, 5.41) is 11.4. The summed E-state index contributed by atoms with van der Waals surface area (Å²) in [6.45, 7) is 0.143. The molecule has 0 aromatic heterocycles. The highest BCUT2D eigenvalue weighted by molar-refractivity contribution is 7.89. The maximum absolute atomic E-state index is 13.0. The van der Waals surface area contributed by atoms with Gasteiger partial charge in [0.1, 0.15) is 12.1 Å². The molecule has 0 spiro atoms. The Morgan fingerprint density at radius 1 is 1.14 bits per heavy atom. The van der Waals surface area contributed by atoms with Crippen LogP contribution in [0.1, 0.15) is 19.3 Å². The minimum atomic E-state index is -3.96. The fraction of sp³-hybridized carbons (Fsp3) is 0.286. The van der Waals surface area contributed by atoms with Crippen molar-refractivity contribution in [3.63, 3.8) is 0 Å². The number of benzene rings is 2. The Kier molecular flexibility index (Phi) is 6.85. The lowest BCUT2D eigenvalue weighted by molar-refractivity contribution is -0.384. The Morgan fingerprint density at radius 2 is 1.86 bits per heavy atom. The van der Waals surface area contributed by atoms with Gasteiger partial charge in [-0.25, -0.2) is 18.7 Å². The van der Waals surface area contributed by atoms with Gasteiger partial charge in [0.05, 0.1) is 21.9 Å².